The summed E-state index contributed by atoms with van der Waals surface area (Å²) in [6, 6.07) is 0. The van der Waals surface area contributed by atoms with Gasteiger partial charge in [-0.1, -0.05) is 0 Å². The second-order valence-electron chi connectivity index (χ2n) is 3.34. The zero-order chi connectivity index (χ0) is 13.3. The molecule has 0 radical (unpaired) electrons. The number of nitrogens with zero attached hydrogens (tertiary/aromatic N) is 1. The van der Waals surface area contributed by atoms with Crippen molar-refractivity contribution >= 4 is 26.5 Å². The van der Waals surface area contributed by atoms with Crippen LogP contribution in [0.15, 0.2) is 10.9 Å². The Morgan fingerprint density at radius 3 is 2.12 bits per heavy atom. The van der Waals surface area contributed by atoms with Crippen LogP contribution in [0.25, 0.3) is 0 Å². The predicted molar refractivity (Wildman–Crippen MR) is 59.5 cm³/mol. The number of thiazole rings is 1. The molecule has 1 rings (SSSR count). The standard InChI is InChI=1S/C6H11NO7P2S/c8-6(15(9,10)11,16(12,13)14)2-1-5-3-17-4-7-5/h3-4,8H,1-2H2,(H2,9,10,11)(H2,12,13,14). The second kappa shape index (κ2) is 4.87. The first-order valence-corrected chi connectivity index (χ1v) is 8.45. The summed E-state index contributed by atoms with van der Waals surface area (Å²) in [5.74, 6) is 0. The molecule has 1 heterocycles. The Hall–Kier alpha value is -0.110. The van der Waals surface area contributed by atoms with Gasteiger partial charge in [-0.3, -0.25) is 9.13 Å². The predicted octanol–water partition coefficient (Wildman–Crippen LogP) is 0.0772. The first-order chi connectivity index (χ1) is 7.58. The number of rotatable bonds is 5. The number of aliphatic hydroxyl groups is 1. The molecule has 0 atom stereocenters. The second-order valence-corrected chi connectivity index (χ2v) is 8.07. The maximum atomic E-state index is 11.0. The molecule has 5 N–H and O–H groups in total. The highest BCUT2D eigenvalue weighted by Gasteiger charge is 2.58. The van der Waals surface area contributed by atoms with Crippen molar-refractivity contribution in [1.29, 1.82) is 0 Å². The Kier molecular flexibility index (Phi) is 4.28. The van der Waals surface area contributed by atoms with E-state index in [-0.39, 0.29) is 6.42 Å². The monoisotopic (exact) mass is 303 g/mol. The van der Waals surface area contributed by atoms with Crippen molar-refractivity contribution in [1.82, 2.24) is 4.98 Å². The highest BCUT2D eigenvalue weighted by atomic mass is 32.1. The van der Waals surface area contributed by atoms with Crippen molar-refractivity contribution in [3.8, 4) is 0 Å². The van der Waals surface area contributed by atoms with Crippen molar-refractivity contribution in [3.05, 3.63) is 16.6 Å². The van der Waals surface area contributed by atoms with Crippen molar-refractivity contribution in [2.75, 3.05) is 0 Å². The molecule has 0 unspecified atom stereocenters. The van der Waals surface area contributed by atoms with Gasteiger partial charge in [0.1, 0.15) is 0 Å². The Balaban J connectivity index is 2.94. The van der Waals surface area contributed by atoms with Crippen LogP contribution in [0.2, 0.25) is 0 Å². The summed E-state index contributed by atoms with van der Waals surface area (Å²) in [7, 11) is -10.7. The number of aromatic nitrogens is 1. The fourth-order valence-corrected chi connectivity index (χ4v) is 3.87. The van der Waals surface area contributed by atoms with Crippen LogP contribution in [0.1, 0.15) is 12.1 Å². The summed E-state index contributed by atoms with van der Waals surface area (Å²) in [5, 5.41) is 7.73. The van der Waals surface area contributed by atoms with Crippen LogP contribution in [-0.2, 0) is 15.6 Å². The molecule has 0 aliphatic rings. The molecule has 8 nitrogen and oxygen atoms in total. The number of hydrogen-bond acceptors (Lipinski definition) is 5. The van der Waals surface area contributed by atoms with Gasteiger partial charge in [-0.25, -0.2) is 4.98 Å². The average Bonchev–Trinajstić information content (AvgIpc) is 2.62. The topological polar surface area (TPSA) is 148 Å². The molecule has 1 aromatic heterocycles. The number of aryl methyl sites for hydroxylation is 1. The van der Waals surface area contributed by atoms with Gasteiger partial charge in [0.25, 0.3) is 5.08 Å². The molecule has 0 aliphatic carbocycles. The van der Waals surface area contributed by atoms with Gasteiger partial charge in [-0.15, -0.1) is 11.3 Å². The van der Waals surface area contributed by atoms with E-state index in [1.165, 1.54) is 16.8 Å². The third kappa shape index (κ3) is 3.21. The van der Waals surface area contributed by atoms with Crippen molar-refractivity contribution in [2.24, 2.45) is 0 Å². The van der Waals surface area contributed by atoms with Gasteiger partial charge in [0.05, 0.1) is 11.2 Å². The molecular formula is C6H11NO7P2S. The summed E-state index contributed by atoms with van der Waals surface area (Å²) in [5.41, 5.74) is 1.86. The Bertz CT molecular complexity index is 441. The average molecular weight is 303 g/mol. The van der Waals surface area contributed by atoms with E-state index >= 15 is 0 Å². The Labute approximate surface area is 100 Å². The van der Waals surface area contributed by atoms with Gasteiger partial charge in [0.15, 0.2) is 0 Å². The minimum absolute atomic E-state index is 0.143. The van der Waals surface area contributed by atoms with E-state index in [9.17, 15) is 14.2 Å². The summed E-state index contributed by atoms with van der Waals surface area (Å²) in [4.78, 5) is 39.2. The van der Waals surface area contributed by atoms with Crippen LogP contribution in [0, 0.1) is 0 Å². The molecule has 11 heteroatoms. The van der Waals surface area contributed by atoms with Gasteiger partial charge in [0, 0.05) is 11.8 Å². The summed E-state index contributed by atoms with van der Waals surface area (Å²) in [6.07, 6.45) is -0.915. The van der Waals surface area contributed by atoms with Gasteiger partial charge in [-0.2, -0.15) is 0 Å². The van der Waals surface area contributed by atoms with Gasteiger partial charge >= 0.3 is 15.2 Å². The molecule has 0 fully saturated rings. The lowest BCUT2D eigenvalue weighted by molar-refractivity contribution is 0.123. The molecule has 1 aromatic rings. The van der Waals surface area contributed by atoms with E-state index in [1.54, 1.807) is 5.38 Å². The first-order valence-electron chi connectivity index (χ1n) is 4.28. The van der Waals surface area contributed by atoms with E-state index in [4.69, 9.17) is 19.6 Å². The zero-order valence-electron chi connectivity index (χ0n) is 8.37. The van der Waals surface area contributed by atoms with E-state index in [0.29, 0.717) is 5.69 Å². The lowest BCUT2D eigenvalue weighted by Crippen LogP contribution is -2.29. The molecule has 98 valence electrons. The minimum Gasteiger partial charge on any atom is -0.368 e. The molecule has 0 saturated heterocycles. The van der Waals surface area contributed by atoms with Crippen LogP contribution in [-0.4, -0.2) is 34.7 Å². The van der Waals surface area contributed by atoms with Crippen LogP contribution in [0.4, 0.5) is 0 Å². The third-order valence-corrected chi connectivity index (χ3v) is 6.64. The zero-order valence-corrected chi connectivity index (χ0v) is 11.0. The number of hydrogen-bond donors (Lipinski definition) is 5. The molecule has 17 heavy (non-hydrogen) atoms. The fraction of sp³-hybridized carbons (Fsp3) is 0.500. The smallest absolute Gasteiger partial charge is 0.368 e. The molecule has 0 saturated carbocycles. The van der Waals surface area contributed by atoms with E-state index in [2.05, 4.69) is 4.98 Å². The van der Waals surface area contributed by atoms with Crippen LogP contribution < -0.4 is 0 Å². The fourth-order valence-electron chi connectivity index (χ4n) is 1.12. The van der Waals surface area contributed by atoms with E-state index in [1.807, 2.05) is 0 Å². The summed E-state index contributed by atoms with van der Waals surface area (Å²) < 4.78 is 22.0. The molecule has 0 aliphatic heterocycles. The molecule has 0 aromatic carbocycles. The SMILES string of the molecule is O=P(O)(O)C(O)(CCc1cscn1)P(=O)(O)O. The lowest BCUT2D eigenvalue weighted by atomic mass is 10.2. The maximum Gasteiger partial charge on any atom is 0.369 e. The maximum absolute atomic E-state index is 11.0. The molecule has 0 spiro atoms. The van der Waals surface area contributed by atoms with E-state index in [0.717, 1.165) is 0 Å². The van der Waals surface area contributed by atoms with Crippen LogP contribution in [0.5, 0.6) is 0 Å². The molecule has 0 amide bonds. The lowest BCUT2D eigenvalue weighted by Gasteiger charge is -2.28. The van der Waals surface area contributed by atoms with Crippen LogP contribution in [0.3, 0.4) is 0 Å². The quantitative estimate of drug-likeness (QED) is 0.480. The Morgan fingerprint density at radius 2 is 1.76 bits per heavy atom. The van der Waals surface area contributed by atoms with Crippen molar-refractivity contribution in [3.63, 3.8) is 0 Å². The van der Waals surface area contributed by atoms with Crippen LogP contribution >= 0.6 is 26.5 Å². The molecular weight excluding hydrogens is 292 g/mol. The van der Waals surface area contributed by atoms with Gasteiger partial charge < -0.3 is 24.7 Å². The largest absolute Gasteiger partial charge is 0.369 e. The summed E-state index contributed by atoms with van der Waals surface area (Å²) in [6.45, 7) is 0. The van der Waals surface area contributed by atoms with Gasteiger partial charge in [-0.05, 0) is 6.42 Å². The van der Waals surface area contributed by atoms with Gasteiger partial charge in [0.2, 0.25) is 0 Å². The van der Waals surface area contributed by atoms with Crippen molar-refractivity contribution < 1.29 is 33.8 Å². The van der Waals surface area contributed by atoms with E-state index < -0.39 is 26.7 Å². The normalized spacial score (nSPS) is 13.9. The first kappa shape index (κ1) is 14.9. The Morgan fingerprint density at radius 1 is 1.24 bits per heavy atom. The summed E-state index contributed by atoms with van der Waals surface area (Å²) >= 11 is 1.22. The highest BCUT2D eigenvalue weighted by Crippen LogP contribution is 2.69. The minimum atomic E-state index is -5.36. The molecule has 0 bridgehead atoms. The van der Waals surface area contributed by atoms with Crippen molar-refractivity contribution in [2.45, 2.75) is 17.9 Å². The third-order valence-electron chi connectivity index (χ3n) is 2.13. The highest BCUT2D eigenvalue weighted by molar-refractivity contribution is 7.72.